The summed E-state index contributed by atoms with van der Waals surface area (Å²) in [4.78, 5) is 2.35. The van der Waals surface area contributed by atoms with E-state index in [0.717, 1.165) is 49.7 Å². The maximum atomic E-state index is 11.9. The zero-order valence-electron chi connectivity index (χ0n) is 13.6. The molecule has 0 saturated carbocycles. The lowest BCUT2D eigenvalue weighted by molar-refractivity contribution is 0.197. The summed E-state index contributed by atoms with van der Waals surface area (Å²) in [5, 5.41) is 8.50. The Morgan fingerprint density at radius 1 is 1.43 bits per heavy atom. The van der Waals surface area contributed by atoms with Crippen molar-refractivity contribution in [3.8, 4) is 0 Å². The molecule has 9 heteroatoms. The average molecular weight is 355 g/mol. The van der Waals surface area contributed by atoms with Gasteiger partial charge in [0.25, 0.3) is 0 Å². The summed E-state index contributed by atoms with van der Waals surface area (Å²) in [7, 11) is -1.33. The molecule has 0 radical (unpaired) electrons. The highest BCUT2D eigenvalue weighted by Crippen LogP contribution is 2.32. The van der Waals surface area contributed by atoms with E-state index in [1.165, 1.54) is 11.8 Å². The van der Waals surface area contributed by atoms with Crippen LogP contribution in [0.1, 0.15) is 35.7 Å². The Balaban J connectivity index is 1.77. The van der Waals surface area contributed by atoms with Gasteiger partial charge in [-0.15, -0.1) is 5.10 Å². The van der Waals surface area contributed by atoms with Crippen molar-refractivity contribution in [1.82, 2.24) is 24.3 Å². The minimum absolute atomic E-state index is 0.129. The third-order valence-corrected chi connectivity index (χ3v) is 6.77. The topological polar surface area (TPSA) is 81.0 Å². The van der Waals surface area contributed by atoms with Gasteiger partial charge in [0.1, 0.15) is 0 Å². The van der Waals surface area contributed by atoms with E-state index in [2.05, 4.69) is 19.6 Å². The lowest BCUT2D eigenvalue weighted by Crippen LogP contribution is -2.34. The number of hydrogen-bond acceptors (Lipinski definition) is 7. The Hall–Kier alpha value is -1.32. The number of aromatic nitrogens is 4. The highest BCUT2D eigenvalue weighted by molar-refractivity contribution is 7.92. The van der Waals surface area contributed by atoms with Gasteiger partial charge in [-0.3, -0.25) is 9.58 Å². The molecule has 3 rings (SSSR count). The molecule has 0 bridgehead atoms. The van der Waals surface area contributed by atoms with Gasteiger partial charge in [-0.2, -0.15) is 5.10 Å². The van der Waals surface area contributed by atoms with Crippen LogP contribution in [0, 0.1) is 6.92 Å². The first-order valence-corrected chi connectivity index (χ1v) is 10.2. The van der Waals surface area contributed by atoms with Gasteiger partial charge in [-0.25, -0.2) is 8.42 Å². The molecule has 1 saturated heterocycles. The zero-order valence-corrected chi connectivity index (χ0v) is 15.2. The maximum Gasteiger partial charge on any atom is 0.188 e. The number of aryl methyl sites for hydroxylation is 2. The van der Waals surface area contributed by atoms with E-state index in [1.54, 1.807) is 0 Å². The molecule has 1 aliphatic heterocycles. The molecule has 0 spiro atoms. The van der Waals surface area contributed by atoms with Crippen LogP contribution in [-0.4, -0.2) is 52.0 Å². The largest absolute Gasteiger partial charge is 0.298 e. The first-order chi connectivity index (χ1) is 10.8. The molecule has 1 atom stereocenters. The van der Waals surface area contributed by atoms with Gasteiger partial charge in [0.2, 0.25) is 0 Å². The van der Waals surface area contributed by atoms with E-state index >= 15 is 0 Å². The van der Waals surface area contributed by atoms with Crippen molar-refractivity contribution in [3.63, 3.8) is 0 Å². The molecule has 3 heterocycles. The zero-order chi connectivity index (χ0) is 16.6. The Bertz CT molecular complexity index is 796. The van der Waals surface area contributed by atoms with Gasteiger partial charge in [0.05, 0.1) is 11.4 Å². The second-order valence-corrected chi connectivity index (χ2v) is 9.17. The van der Waals surface area contributed by atoms with Crippen LogP contribution < -0.4 is 0 Å². The maximum absolute atomic E-state index is 11.9. The number of hydrogen-bond donors (Lipinski definition) is 0. The number of piperidine rings is 1. The van der Waals surface area contributed by atoms with Crippen LogP contribution in [0.3, 0.4) is 0 Å². The number of likely N-dealkylation sites (tertiary alicyclic amines) is 1. The third kappa shape index (κ3) is 3.61. The Labute approximate surface area is 140 Å². The lowest BCUT2D eigenvalue weighted by Gasteiger charge is -2.31. The average Bonchev–Trinajstić information content (AvgIpc) is 3.06. The molecule has 7 nitrogen and oxygen atoms in total. The van der Waals surface area contributed by atoms with E-state index < -0.39 is 9.84 Å². The first-order valence-electron chi connectivity index (χ1n) is 7.58. The summed E-state index contributed by atoms with van der Waals surface area (Å²) in [6.07, 6.45) is 5.26. The predicted octanol–water partition coefficient (Wildman–Crippen LogP) is 1.36. The molecule has 0 amide bonds. The predicted molar refractivity (Wildman–Crippen MR) is 88.2 cm³/mol. The van der Waals surface area contributed by atoms with E-state index in [4.69, 9.17) is 0 Å². The molecular weight excluding hydrogens is 334 g/mol. The molecule has 0 N–H and O–H groups in total. The molecule has 0 aliphatic carbocycles. The summed E-state index contributed by atoms with van der Waals surface area (Å²) in [6.45, 7) is 4.67. The van der Waals surface area contributed by atoms with Crippen LogP contribution in [0.2, 0.25) is 0 Å². The molecule has 0 unspecified atom stereocenters. The van der Waals surface area contributed by atoms with Gasteiger partial charge < -0.3 is 0 Å². The van der Waals surface area contributed by atoms with Crippen LogP contribution in [0.5, 0.6) is 0 Å². The van der Waals surface area contributed by atoms with Crippen LogP contribution >= 0.6 is 11.5 Å². The Morgan fingerprint density at radius 3 is 2.87 bits per heavy atom. The van der Waals surface area contributed by atoms with E-state index in [1.807, 2.05) is 24.9 Å². The fourth-order valence-corrected chi connectivity index (χ4v) is 4.90. The van der Waals surface area contributed by atoms with E-state index in [0.29, 0.717) is 9.90 Å². The fraction of sp³-hybridized carbons (Fsp3) is 0.643. The van der Waals surface area contributed by atoms with Gasteiger partial charge in [-0.1, -0.05) is 4.49 Å². The minimum Gasteiger partial charge on any atom is -0.298 e. The number of sulfone groups is 1. The molecule has 126 valence electrons. The van der Waals surface area contributed by atoms with Gasteiger partial charge >= 0.3 is 0 Å². The number of nitrogens with zero attached hydrogens (tertiary/aromatic N) is 5. The van der Waals surface area contributed by atoms with E-state index in [9.17, 15) is 8.42 Å². The fourth-order valence-electron chi connectivity index (χ4n) is 3.16. The third-order valence-electron chi connectivity index (χ3n) is 4.22. The Morgan fingerprint density at radius 2 is 2.22 bits per heavy atom. The van der Waals surface area contributed by atoms with Crippen LogP contribution in [0.4, 0.5) is 0 Å². The smallest absolute Gasteiger partial charge is 0.188 e. The first kappa shape index (κ1) is 16.5. The second-order valence-electron chi connectivity index (χ2n) is 6.21. The minimum atomic E-state index is -3.26. The van der Waals surface area contributed by atoms with E-state index in [-0.39, 0.29) is 5.92 Å². The molecule has 0 aromatic carbocycles. The molecule has 23 heavy (non-hydrogen) atoms. The monoisotopic (exact) mass is 355 g/mol. The van der Waals surface area contributed by atoms with Crippen LogP contribution in [0.15, 0.2) is 10.4 Å². The van der Waals surface area contributed by atoms with Crippen molar-refractivity contribution >= 4 is 21.4 Å². The van der Waals surface area contributed by atoms with Gasteiger partial charge in [0.15, 0.2) is 14.0 Å². The van der Waals surface area contributed by atoms with Crippen molar-refractivity contribution in [3.05, 3.63) is 23.1 Å². The van der Waals surface area contributed by atoms with Crippen LogP contribution in [0.25, 0.3) is 0 Å². The molecule has 2 aromatic rings. The summed E-state index contributed by atoms with van der Waals surface area (Å²) in [5.41, 5.74) is 2.90. The molecule has 1 aliphatic rings. The molecular formula is C14H21N5O2S2. The molecule has 2 aromatic heterocycles. The summed E-state index contributed by atoms with van der Waals surface area (Å²) in [6, 6.07) is 0. The van der Waals surface area contributed by atoms with Crippen molar-refractivity contribution in [1.29, 1.82) is 0 Å². The SMILES string of the molecule is Cc1nn(C)cc1CN1CCC[C@@H](c2nnsc2S(C)(=O)=O)C1. The normalized spacial score (nSPS) is 20.0. The van der Waals surface area contributed by atoms with Crippen LogP contribution in [-0.2, 0) is 23.4 Å². The highest BCUT2D eigenvalue weighted by Gasteiger charge is 2.29. The van der Waals surface area contributed by atoms with Crippen molar-refractivity contribution in [2.24, 2.45) is 7.05 Å². The molecule has 1 fully saturated rings. The quantitative estimate of drug-likeness (QED) is 0.824. The van der Waals surface area contributed by atoms with Crippen molar-refractivity contribution in [2.45, 2.75) is 36.4 Å². The van der Waals surface area contributed by atoms with Gasteiger partial charge in [-0.05, 0) is 26.3 Å². The number of rotatable bonds is 4. The second kappa shape index (κ2) is 6.29. The standard InChI is InChI=1S/C14H21N5O2S2/c1-10-12(7-18(2)16-10)9-19-6-4-5-11(8-19)13-14(22-17-15-13)23(3,20)21/h7,11H,4-6,8-9H2,1-3H3/t11-/m1/s1. The summed E-state index contributed by atoms with van der Waals surface area (Å²) in [5.74, 6) is 0.129. The highest BCUT2D eigenvalue weighted by atomic mass is 32.2. The van der Waals surface area contributed by atoms with Gasteiger partial charge in [0, 0.05) is 55.6 Å². The lowest BCUT2D eigenvalue weighted by atomic mass is 9.95. The summed E-state index contributed by atoms with van der Waals surface area (Å²) >= 11 is 0.980. The van der Waals surface area contributed by atoms with Crippen molar-refractivity contribution in [2.75, 3.05) is 19.3 Å². The summed E-state index contributed by atoms with van der Waals surface area (Å²) < 4.78 is 29.8. The van der Waals surface area contributed by atoms with Crippen molar-refractivity contribution < 1.29 is 8.42 Å². The Kier molecular flexibility index (Phi) is 4.52.